The standard InChI is InChI=1S/2C5H6N2O4.Au.Na.H/c2*1-7-2(4(9)10)3(8)6-5(7)11;;;/h2*2H,1H3,(H,9,10)(H,6,8,11);;;/q;;;+1;-1. The van der Waals surface area contributed by atoms with Gasteiger partial charge < -0.3 is 21.4 Å². The number of likely N-dealkylation sites (N-methyl/N-ethyl adjacent to an activating group) is 2. The molecule has 2 aliphatic rings. The zero-order chi connectivity index (χ0) is 17.2. The van der Waals surface area contributed by atoms with Crippen molar-refractivity contribution in [2.45, 2.75) is 12.1 Å². The average Bonchev–Trinajstić information content (AvgIpc) is 2.77. The number of hydrogen-bond donors (Lipinski definition) is 4. The minimum absolute atomic E-state index is 0. The van der Waals surface area contributed by atoms with Crippen molar-refractivity contribution in [1.29, 1.82) is 0 Å². The van der Waals surface area contributed by atoms with Crippen LogP contribution in [0.4, 0.5) is 9.59 Å². The van der Waals surface area contributed by atoms with Gasteiger partial charge in [-0.15, -0.1) is 0 Å². The molecule has 24 heavy (non-hydrogen) atoms. The molecule has 2 fully saturated rings. The van der Waals surface area contributed by atoms with E-state index in [1.54, 1.807) is 0 Å². The Morgan fingerprint density at radius 1 is 0.875 bits per heavy atom. The van der Waals surface area contributed by atoms with Crippen molar-refractivity contribution in [1.82, 2.24) is 20.4 Å². The zero-order valence-corrected chi connectivity index (χ0v) is 16.9. The van der Waals surface area contributed by atoms with Gasteiger partial charge in [0.1, 0.15) is 0 Å². The van der Waals surface area contributed by atoms with E-state index in [2.05, 4.69) is 0 Å². The molecule has 12 nitrogen and oxygen atoms in total. The van der Waals surface area contributed by atoms with E-state index in [4.69, 9.17) is 10.2 Å². The first kappa shape index (κ1) is 24.8. The number of hydrogen-bond acceptors (Lipinski definition) is 6. The number of carboxylic acids is 2. The predicted octanol–water partition coefficient (Wildman–Crippen LogP) is -5.64. The number of amides is 6. The van der Waals surface area contributed by atoms with Crippen LogP contribution < -0.4 is 40.2 Å². The normalized spacial score (nSPS) is 21.8. The van der Waals surface area contributed by atoms with Gasteiger partial charge in [0, 0.05) is 36.5 Å². The Hall–Kier alpha value is -1.44. The Morgan fingerprint density at radius 3 is 1.21 bits per heavy atom. The molecule has 0 bridgehead atoms. The number of imide groups is 2. The van der Waals surface area contributed by atoms with Crippen molar-refractivity contribution in [3.05, 3.63) is 0 Å². The second-order valence-corrected chi connectivity index (χ2v) is 4.29. The first-order valence-corrected chi connectivity index (χ1v) is 5.68. The Morgan fingerprint density at radius 2 is 1.12 bits per heavy atom. The molecule has 2 aliphatic heterocycles. The van der Waals surface area contributed by atoms with Crippen LogP contribution >= 0.6 is 0 Å². The molecule has 1 radical (unpaired) electrons. The SMILES string of the molecule is CN1C(=O)NC(=O)C1C(=O)O.CN1C(=O)NC(=O)C1C(=O)O.[Au].[H-].[Na+]. The molecule has 2 atom stereocenters. The maximum Gasteiger partial charge on any atom is 1.00 e. The molecule has 0 aromatic carbocycles. The molecule has 4 N–H and O–H groups in total. The number of urea groups is 2. The molecule has 6 amide bonds. The molecule has 0 aromatic rings. The summed E-state index contributed by atoms with van der Waals surface area (Å²) in [7, 11) is 2.50. The van der Waals surface area contributed by atoms with Gasteiger partial charge in [-0.25, -0.2) is 19.2 Å². The van der Waals surface area contributed by atoms with Crippen molar-refractivity contribution in [2.75, 3.05) is 14.1 Å². The van der Waals surface area contributed by atoms with Gasteiger partial charge in [0.15, 0.2) is 0 Å². The minimum Gasteiger partial charge on any atom is -1.00 e. The molecule has 0 spiro atoms. The quantitative estimate of drug-likeness (QED) is 0.153. The predicted molar refractivity (Wildman–Crippen MR) is 66.6 cm³/mol. The summed E-state index contributed by atoms with van der Waals surface area (Å²) in [6, 6.07) is -4.10. The Balaban J connectivity index is -0.000000346. The van der Waals surface area contributed by atoms with Gasteiger partial charge in [0.05, 0.1) is 0 Å². The van der Waals surface area contributed by atoms with Gasteiger partial charge in [-0.1, -0.05) is 0 Å². The van der Waals surface area contributed by atoms with Crippen molar-refractivity contribution in [2.24, 2.45) is 0 Å². The molecule has 0 saturated carbocycles. The fourth-order valence-corrected chi connectivity index (χ4v) is 1.67. The minimum atomic E-state index is -1.37. The van der Waals surface area contributed by atoms with Gasteiger partial charge in [0.25, 0.3) is 11.8 Å². The molecule has 2 saturated heterocycles. The Kier molecular flexibility index (Phi) is 10.1. The molecular formula is C10H13AuN4NaO8. The van der Waals surface area contributed by atoms with Crippen LogP contribution in [0.1, 0.15) is 1.43 Å². The number of carbonyl (C=O) groups is 6. The first-order chi connectivity index (χ1) is 10.1. The summed E-state index contributed by atoms with van der Waals surface area (Å²) in [5.41, 5.74) is 0. The second-order valence-electron chi connectivity index (χ2n) is 4.29. The van der Waals surface area contributed by atoms with Crippen LogP contribution in [0.15, 0.2) is 0 Å². The monoisotopic (exact) mass is 537 g/mol. The summed E-state index contributed by atoms with van der Waals surface area (Å²) in [6.07, 6.45) is 0. The van der Waals surface area contributed by atoms with Crippen molar-refractivity contribution < 1.29 is 92.3 Å². The zero-order valence-electron chi connectivity index (χ0n) is 13.7. The summed E-state index contributed by atoms with van der Waals surface area (Å²) >= 11 is 0. The van der Waals surface area contributed by atoms with Crippen LogP contribution in [-0.2, 0) is 41.6 Å². The first-order valence-electron chi connectivity index (χ1n) is 5.68. The smallest absolute Gasteiger partial charge is 1.00 e. The third-order valence-corrected chi connectivity index (χ3v) is 2.84. The van der Waals surface area contributed by atoms with Gasteiger partial charge in [-0.3, -0.25) is 20.2 Å². The van der Waals surface area contributed by atoms with E-state index >= 15 is 0 Å². The van der Waals surface area contributed by atoms with Crippen molar-refractivity contribution in [3.8, 4) is 0 Å². The summed E-state index contributed by atoms with van der Waals surface area (Å²) < 4.78 is 0. The molecular weight excluding hydrogens is 524 g/mol. The molecule has 14 heteroatoms. The summed E-state index contributed by atoms with van der Waals surface area (Å²) in [5, 5.41) is 20.6. The third-order valence-electron chi connectivity index (χ3n) is 2.84. The number of carboxylic acid groups (broad SMARTS) is 2. The van der Waals surface area contributed by atoms with Gasteiger partial charge in [0.2, 0.25) is 12.1 Å². The van der Waals surface area contributed by atoms with Crippen molar-refractivity contribution in [3.63, 3.8) is 0 Å². The average molecular weight is 537 g/mol. The fourth-order valence-electron chi connectivity index (χ4n) is 1.67. The van der Waals surface area contributed by atoms with Crippen LogP contribution in [0.5, 0.6) is 0 Å². The van der Waals surface area contributed by atoms with Crippen LogP contribution in [0.3, 0.4) is 0 Å². The topological polar surface area (TPSA) is 173 Å². The second kappa shape index (κ2) is 9.76. The Bertz CT molecular complexity index is 541. The molecule has 2 heterocycles. The van der Waals surface area contributed by atoms with Gasteiger partial charge >= 0.3 is 53.6 Å². The van der Waals surface area contributed by atoms with Crippen LogP contribution in [0.25, 0.3) is 0 Å². The molecule has 0 aromatic heterocycles. The van der Waals surface area contributed by atoms with E-state index in [-0.39, 0.29) is 53.4 Å². The van der Waals surface area contributed by atoms with E-state index in [1.807, 2.05) is 10.6 Å². The van der Waals surface area contributed by atoms with Crippen molar-refractivity contribution >= 4 is 35.8 Å². The number of aliphatic carboxylic acids is 2. The van der Waals surface area contributed by atoms with Crippen LogP contribution in [-0.4, -0.2) is 82.0 Å². The van der Waals surface area contributed by atoms with E-state index in [1.165, 1.54) is 14.1 Å². The third kappa shape index (κ3) is 5.29. The Labute approximate surface area is 174 Å². The number of rotatable bonds is 2. The molecule has 2 unspecified atom stereocenters. The van der Waals surface area contributed by atoms with Gasteiger partial charge in [-0.05, 0) is 0 Å². The maximum atomic E-state index is 10.7. The van der Waals surface area contributed by atoms with E-state index in [0.717, 1.165) is 9.80 Å². The molecule has 0 aliphatic carbocycles. The van der Waals surface area contributed by atoms with Crippen LogP contribution in [0, 0.1) is 0 Å². The summed E-state index contributed by atoms with van der Waals surface area (Å²) in [4.78, 5) is 64.9. The number of carbonyl (C=O) groups excluding carboxylic acids is 4. The largest absolute Gasteiger partial charge is 1.00 e. The van der Waals surface area contributed by atoms with E-state index in [9.17, 15) is 28.8 Å². The van der Waals surface area contributed by atoms with E-state index in [0.29, 0.717) is 0 Å². The molecule has 2 rings (SSSR count). The summed E-state index contributed by atoms with van der Waals surface area (Å²) in [6.45, 7) is 0. The maximum absolute atomic E-state index is 10.7. The van der Waals surface area contributed by atoms with Crippen LogP contribution in [0.2, 0.25) is 0 Å². The number of nitrogens with one attached hydrogen (secondary N) is 2. The summed E-state index contributed by atoms with van der Waals surface area (Å²) in [5.74, 6) is -4.22. The fraction of sp³-hybridized carbons (Fsp3) is 0.400. The van der Waals surface area contributed by atoms with E-state index < -0.39 is 47.9 Å². The molecule has 133 valence electrons. The number of nitrogens with zero attached hydrogens (tertiary/aromatic N) is 2. The van der Waals surface area contributed by atoms with Gasteiger partial charge in [-0.2, -0.15) is 0 Å².